The molecule has 1 saturated heterocycles. The van der Waals surface area contributed by atoms with Crippen LogP contribution in [0.4, 0.5) is 5.69 Å². The van der Waals surface area contributed by atoms with Crippen molar-refractivity contribution in [1.29, 1.82) is 0 Å². The molecule has 11 heteroatoms. The van der Waals surface area contributed by atoms with Crippen LogP contribution in [0.5, 0.6) is 0 Å². The predicted molar refractivity (Wildman–Crippen MR) is 136 cm³/mol. The molecule has 4 saturated carbocycles. The second-order valence-electron chi connectivity index (χ2n) is 10.6. The molecule has 4 bridgehead atoms. The van der Waals surface area contributed by atoms with Gasteiger partial charge in [-0.3, -0.25) is 13.9 Å². The van der Waals surface area contributed by atoms with Gasteiger partial charge in [-0.05, 0) is 113 Å². The number of halogens is 2. The number of aryl methyl sites for hydroxylation is 1. The van der Waals surface area contributed by atoms with Crippen molar-refractivity contribution in [2.45, 2.75) is 51.5 Å². The zero-order valence-electron chi connectivity index (χ0n) is 19.1. The maximum Gasteiger partial charge on any atom is 0.304 e. The number of nitrogens with one attached hydrogen (secondary N) is 1. The van der Waals surface area contributed by atoms with E-state index in [0.29, 0.717) is 40.1 Å². The van der Waals surface area contributed by atoms with Crippen molar-refractivity contribution in [3.05, 3.63) is 26.6 Å². The molecule has 1 aliphatic heterocycles. The molecule has 5 aliphatic rings. The van der Waals surface area contributed by atoms with Crippen LogP contribution in [-0.2, 0) is 19.8 Å². The normalized spacial score (nSPS) is 34.3. The highest BCUT2D eigenvalue weighted by molar-refractivity contribution is 9.11. The van der Waals surface area contributed by atoms with Crippen LogP contribution in [-0.4, -0.2) is 50.2 Å². The third-order valence-corrected chi connectivity index (χ3v) is 11.3. The second kappa shape index (κ2) is 8.74. The van der Waals surface area contributed by atoms with Crippen molar-refractivity contribution in [2.24, 2.45) is 28.9 Å². The lowest BCUT2D eigenvalue weighted by atomic mass is 9.47. The first-order chi connectivity index (χ1) is 16.0. The van der Waals surface area contributed by atoms with Crippen LogP contribution in [0.3, 0.4) is 0 Å². The SMILES string of the molecule is Cc1cc(Br)c(N2CCCN(CC(=O)NC3C4CC5CC3CC(C(N)=O)(C5)C4)S2(=O)=O)c(Br)c1. The topological polar surface area (TPSA) is 113 Å². The summed E-state index contributed by atoms with van der Waals surface area (Å²) in [5, 5.41) is 3.15. The highest BCUT2D eigenvalue weighted by atomic mass is 79.9. The van der Waals surface area contributed by atoms with Crippen molar-refractivity contribution < 1.29 is 18.0 Å². The Balaban J connectivity index is 1.30. The maximum absolute atomic E-state index is 13.5. The zero-order chi connectivity index (χ0) is 24.4. The first-order valence-electron chi connectivity index (χ1n) is 11.8. The summed E-state index contributed by atoms with van der Waals surface area (Å²) in [7, 11) is -3.87. The molecule has 0 aromatic heterocycles. The number of primary amides is 1. The molecule has 2 atom stereocenters. The number of carbonyl (C=O) groups is 2. The van der Waals surface area contributed by atoms with Crippen molar-refractivity contribution in [2.75, 3.05) is 23.9 Å². The Hall–Kier alpha value is -1.17. The Morgan fingerprint density at radius 1 is 1.12 bits per heavy atom. The standard InChI is InChI=1S/C23H30Br2N4O4S/c1-13-5-17(24)21(18(25)6-13)29-4-2-3-28(34(29,32)33)12-19(30)27-20-15-7-14-8-16(20)11-23(9-14,10-15)22(26)31/h5-6,14-16,20H,2-4,7-12H2,1H3,(H2,26,31)(H,27,30). The number of nitrogens with zero attached hydrogens (tertiary/aromatic N) is 2. The molecular formula is C23H30Br2N4O4S. The monoisotopic (exact) mass is 616 g/mol. The van der Waals surface area contributed by atoms with E-state index in [1.165, 1.54) is 8.61 Å². The lowest BCUT2D eigenvalue weighted by Gasteiger charge is -2.58. The molecule has 6 rings (SSSR count). The van der Waals surface area contributed by atoms with Gasteiger partial charge in [-0.25, -0.2) is 0 Å². The minimum atomic E-state index is -3.87. The smallest absolute Gasteiger partial charge is 0.304 e. The Kier molecular flexibility index (Phi) is 6.30. The van der Waals surface area contributed by atoms with Crippen LogP contribution in [0, 0.1) is 30.1 Å². The van der Waals surface area contributed by atoms with Gasteiger partial charge < -0.3 is 11.1 Å². The number of hydrogen-bond acceptors (Lipinski definition) is 4. The van der Waals surface area contributed by atoms with Crippen LogP contribution in [0.25, 0.3) is 0 Å². The fourth-order valence-electron chi connectivity index (χ4n) is 7.03. The summed E-state index contributed by atoms with van der Waals surface area (Å²) in [6.45, 7) is 2.39. The van der Waals surface area contributed by atoms with Crippen LogP contribution in [0.1, 0.15) is 44.1 Å². The molecule has 8 nitrogen and oxygen atoms in total. The molecule has 0 radical (unpaired) electrons. The van der Waals surface area contributed by atoms with Crippen LogP contribution in [0.15, 0.2) is 21.1 Å². The van der Waals surface area contributed by atoms with Gasteiger partial charge in [-0.2, -0.15) is 12.7 Å². The summed E-state index contributed by atoms with van der Waals surface area (Å²) in [5.74, 6) is 0.483. The molecule has 2 amide bonds. The van der Waals surface area contributed by atoms with Crippen molar-refractivity contribution in [3.8, 4) is 0 Å². The first kappa shape index (κ1) is 24.5. The van der Waals surface area contributed by atoms with E-state index >= 15 is 0 Å². The first-order valence-corrected chi connectivity index (χ1v) is 14.8. The number of rotatable bonds is 5. The molecule has 1 aromatic carbocycles. The number of hydrogen-bond donors (Lipinski definition) is 2. The lowest BCUT2D eigenvalue weighted by molar-refractivity contribution is -0.147. The van der Waals surface area contributed by atoms with E-state index in [9.17, 15) is 18.0 Å². The highest BCUT2D eigenvalue weighted by Gasteiger charge is 2.58. The number of carbonyl (C=O) groups excluding carboxylic acids is 2. The predicted octanol–water partition coefficient (Wildman–Crippen LogP) is 3.07. The average molecular weight is 618 g/mol. The number of amides is 2. The largest absolute Gasteiger partial charge is 0.369 e. The van der Waals surface area contributed by atoms with E-state index in [4.69, 9.17) is 5.73 Å². The van der Waals surface area contributed by atoms with Gasteiger partial charge in [-0.1, -0.05) is 0 Å². The minimum Gasteiger partial charge on any atom is -0.369 e. The van der Waals surface area contributed by atoms with Crippen molar-refractivity contribution >= 4 is 59.6 Å². The Labute approximate surface area is 217 Å². The second-order valence-corrected chi connectivity index (χ2v) is 14.1. The molecule has 186 valence electrons. The fourth-order valence-corrected chi connectivity index (χ4v) is 10.8. The van der Waals surface area contributed by atoms with Gasteiger partial charge in [0.15, 0.2) is 0 Å². The zero-order valence-corrected chi connectivity index (χ0v) is 23.1. The molecular weight excluding hydrogens is 588 g/mol. The van der Waals surface area contributed by atoms with Gasteiger partial charge in [0.05, 0.1) is 12.2 Å². The van der Waals surface area contributed by atoms with Crippen LogP contribution >= 0.6 is 31.9 Å². The van der Waals surface area contributed by atoms with Gasteiger partial charge in [0, 0.05) is 33.5 Å². The minimum absolute atomic E-state index is 0.0134. The summed E-state index contributed by atoms with van der Waals surface area (Å²) in [5.41, 5.74) is 6.91. The van der Waals surface area contributed by atoms with E-state index in [1.807, 2.05) is 19.1 Å². The molecule has 5 fully saturated rings. The Morgan fingerprint density at radius 3 is 2.32 bits per heavy atom. The molecule has 34 heavy (non-hydrogen) atoms. The van der Waals surface area contributed by atoms with E-state index < -0.39 is 15.6 Å². The van der Waals surface area contributed by atoms with Gasteiger partial charge in [0.1, 0.15) is 0 Å². The van der Waals surface area contributed by atoms with E-state index in [2.05, 4.69) is 37.2 Å². The third-order valence-electron chi connectivity index (χ3n) is 8.23. The third kappa shape index (κ3) is 4.10. The summed E-state index contributed by atoms with van der Waals surface area (Å²) in [6.07, 6.45) is 4.96. The summed E-state index contributed by atoms with van der Waals surface area (Å²) >= 11 is 7.01. The number of anilines is 1. The molecule has 2 unspecified atom stereocenters. The van der Waals surface area contributed by atoms with Crippen LogP contribution < -0.4 is 15.4 Å². The van der Waals surface area contributed by atoms with Crippen LogP contribution in [0.2, 0.25) is 0 Å². The molecule has 4 aliphatic carbocycles. The van der Waals surface area contributed by atoms with Gasteiger partial charge in [0.25, 0.3) is 0 Å². The van der Waals surface area contributed by atoms with Gasteiger partial charge in [-0.15, -0.1) is 0 Å². The summed E-state index contributed by atoms with van der Waals surface area (Å²) in [6, 6.07) is 3.75. The average Bonchev–Trinajstić information content (AvgIpc) is 2.72. The van der Waals surface area contributed by atoms with E-state index in [-0.39, 0.29) is 36.2 Å². The number of nitrogens with two attached hydrogens (primary N) is 1. The molecule has 3 N–H and O–H groups in total. The van der Waals surface area contributed by atoms with Gasteiger partial charge >= 0.3 is 10.2 Å². The fraction of sp³-hybridized carbons (Fsp3) is 0.652. The number of benzene rings is 1. The Bertz CT molecular complexity index is 1100. The van der Waals surface area contributed by atoms with E-state index in [1.54, 1.807) is 0 Å². The van der Waals surface area contributed by atoms with E-state index in [0.717, 1.165) is 37.7 Å². The van der Waals surface area contributed by atoms with Crippen molar-refractivity contribution in [1.82, 2.24) is 9.62 Å². The molecule has 0 spiro atoms. The summed E-state index contributed by atoms with van der Waals surface area (Å²) in [4.78, 5) is 25.3. The quantitative estimate of drug-likeness (QED) is 0.529. The molecule has 1 aromatic rings. The van der Waals surface area contributed by atoms with Gasteiger partial charge in [0.2, 0.25) is 11.8 Å². The summed E-state index contributed by atoms with van der Waals surface area (Å²) < 4.78 is 31.0. The molecule has 1 heterocycles. The Morgan fingerprint density at radius 2 is 1.74 bits per heavy atom. The van der Waals surface area contributed by atoms with Crippen molar-refractivity contribution in [3.63, 3.8) is 0 Å². The highest BCUT2D eigenvalue weighted by Crippen LogP contribution is 2.59. The maximum atomic E-state index is 13.5. The lowest BCUT2D eigenvalue weighted by Crippen LogP contribution is -2.63.